The number of amides is 1. The minimum absolute atomic E-state index is 0.0341. The summed E-state index contributed by atoms with van der Waals surface area (Å²) < 4.78 is 38.5. The van der Waals surface area contributed by atoms with Gasteiger partial charge in [0.15, 0.2) is 5.82 Å². The fourth-order valence-corrected chi connectivity index (χ4v) is 4.65. The van der Waals surface area contributed by atoms with Crippen LogP contribution >= 0.6 is 0 Å². The second-order valence-corrected chi connectivity index (χ2v) is 9.03. The van der Waals surface area contributed by atoms with Crippen LogP contribution in [0.1, 0.15) is 27.0 Å². The summed E-state index contributed by atoms with van der Waals surface area (Å²) in [7, 11) is 0. The Hall–Kier alpha value is -3.56. The molecule has 0 spiro atoms. The molecule has 3 aromatic rings. The number of fused-ring (bicyclic) bond motifs is 2. The predicted molar refractivity (Wildman–Crippen MR) is 128 cm³/mol. The Morgan fingerprint density at radius 1 is 1.08 bits per heavy atom. The van der Waals surface area contributed by atoms with E-state index < -0.39 is 17.9 Å². The molecule has 1 amide bonds. The molecule has 5 rings (SSSR count). The maximum Gasteiger partial charge on any atom is 0.257 e. The second-order valence-electron chi connectivity index (χ2n) is 9.03. The van der Waals surface area contributed by atoms with Crippen LogP contribution in [0.2, 0.25) is 0 Å². The van der Waals surface area contributed by atoms with Gasteiger partial charge < -0.3 is 19.5 Å². The zero-order valence-corrected chi connectivity index (χ0v) is 19.7. The van der Waals surface area contributed by atoms with Crippen LogP contribution in [0, 0.1) is 11.8 Å². The molecule has 9 heteroatoms. The van der Waals surface area contributed by atoms with Crippen LogP contribution in [0.5, 0.6) is 11.5 Å². The molecule has 188 valence electrons. The van der Waals surface area contributed by atoms with Crippen molar-refractivity contribution in [1.82, 2.24) is 14.8 Å². The van der Waals surface area contributed by atoms with Crippen LogP contribution < -0.4 is 9.47 Å². The predicted octanol–water partition coefficient (Wildman–Crippen LogP) is 3.19. The summed E-state index contributed by atoms with van der Waals surface area (Å²) >= 11 is 0. The van der Waals surface area contributed by atoms with Crippen molar-refractivity contribution in [3.05, 3.63) is 88.7 Å². The van der Waals surface area contributed by atoms with E-state index in [1.807, 2.05) is 12.1 Å². The largest absolute Gasteiger partial charge is 0.491 e. The monoisotopic (exact) mass is 495 g/mol. The summed E-state index contributed by atoms with van der Waals surface area (Å²) in [4.78, 5) is 20.3. The third-order valence-corrected chi connectivity index (χ3v) is 6.52. The first kappa shape index (κ1) is 24.1. The van der Waals surface area contributed by atoms with Gasteiger partial charge in [0.25, 0.3) is 5.91 Å². The quantitative estimate of drug-likeness (QED) is 0.508. The number of hydrogen-bond acceptors (Lipinski definition) is 6. The normalized spacial score (nSPS) is 16.5. The number of benzene rings is 2. The van der Waals surface area contributed by atoms with Gasteiger partial charge >= 0.3 is 0 Å². The zero-order valence-electron chi connectivity index (χ0n) is 19.7. The Balaban J connectivity index is 1.20. The SMILES string of the molecule is O=C1c2ccc(OCc3ccnc(F)c3F)cc2OCCN1CC(O)CN1CCc2ccccc2C1. The summed E-state index contributed by atoms with van der Waals surface area (Å²) in [5, 5.41) is 10.8. The number of halogens is 2. The minimum atomic E-state index is -1.18. The summed E-state index contributed by atoms with van der Waals surface area (Å²) in [5.41, 5.74) is 3.02. The van der Waals surface area contributed by atoms with Crippen molar-refractivity contribution in [2.24, 2.45) is 0 Å². The fourth-order valence-electron chi connectivity index (χ4n) is 4.65. The molecule has 0 saturated heterocycles. The Labute approximate surface area is 207 Å². The number of ether oxygens (including phenoxy) is 2. The third-order valence-electron chi connectivity index (χ3n) is 6.52. The van der Waals surface area contributed by atoms with Gasteiger partial charge in [-0.3, -0.25) is 9.69 Å². The van der Waals surface area contributed by atoms with Crippen molar-refractivity contribution in [3.63, 3.8) is 0 Å². The number of aromatic nitrogens is 1. The number of hydrogen-bond donors (Lipinski definition) is 1. The Kier molecular flexibility index (Phi) is 7.11. The van der Waals surface area contributed by atoms with Gasteiger partial charge in [0.2, 0.25) is 5.95 Å². The van der Waals surface area contributed by atoms with Gasteiger partial charge in [-0.15, -0.1) is 0 Å². The molecular weight excluding hydrogens is 468 g/mol. The average molecular weight is 496 g/mol. The number of β-amino-alcohol motifs (C(OH)–C–C–N with tert-alkyl or cyclic N) is 1. The molecule has 1 unspecified atom stereocenters. The van der Waals surface area contributed by atoms with Crippen molar-refractivity contribution < 1.29 is 28.2 Å². The molecule has 2 aliphatic heterocycles. The van der Waals surface area contributed by atoms with Crippen LogP contribution in [0.25, 0.3) is 0 Å². The molecule has 1 atom stereocenters. The van der Waals surface area contributed by atoms with E-state index in [1.54, 1.807) is 23.1 Å². The topological polar surface area (TPSA) is 75.1 Å². The van der Waals surface area contributed by atoms with Gasteiger partial charge in [-0.25, -0.2) is 9.37 Å². The smallest absolute Gasteiger partial charge is 0.257 e. The fraction of sp³-hybridized carbons (Fsp3) is 0.333. The maximum atomic E-state index is 13.8. The van der Waals surface area contributed by atoms with E-state index in [9.17, 15) is 18.7 Å². The number of aliphatic hydroxyl groups is 1. The van der Waals surface area contributed by atoms with Crippen molar-refractivity contribution in [3.8, 4) is 11.5 Å². The first-order chi connectivity index (χ1) is 17.5. The maximum absolute atomic E-state index is 13.8. The highest BCUT2D eigenvalue weighted by Crippen LogP contribution is 2.29. The van der Waals surface area contributed by atoms with Gasteiger partial charge in [-0.05, 0) is 35.7 Å². The van der Waals surface area contributed by atoms with Crippen LogP contribution in [0.4, 0.5) is 8.78 Å². The van der Waals surface area contributed by atoms with Gasteiger partial charge in [-0.2, -0.15) is 4.39 Å². The molecule has 7 nitrogen and oxygen atoms in total. The van der Waals surface area contributed by atoms with Crippen LogP contribution in [-0.2, 0) is 19.6 Å². The molecule has 36 heavy (non-hydrogen) atoms. The van der Waals surface area contributed by atoms with E-state index in [0.29, 0.717) is 30.2 Å². The number of rotatable bonds is 7. The lowest BCUT2D eigenvalue weighted by Gasteiger charge is -2.32. The van der Waals surface area contributed by atoms with Gasteiger partial charge in [0, 0.05) is 44.0 Å². The molecule has 0 radical (unpaired) electrons. The Morgan fingerprint density at radius 2 is 1.92 bits per heavy atom. The summed E-state index contributed by atoms with van der Waals surface area (Å²) in [6.07, 6.45) is 1.42. The summed E-state index contributed by atoms with van der Waals surface area (Å²) in [6.45, 7) is 2.73. The Morgan fingerprint density at radius 3 is 2.78 bits per heavy atom. The van der Waals surface area contributed by atoms with Crippen molar-refractivity contribution >= 4 is 5.91 Å². The van der Waals surface area contributed by atoms with Crippen molar-refractivity contribution in [1.29, 1.82) is 0 Å². The number of carbonyl (C=O) groups is 1. The van der Waals surface area contributed by atoms with E-state index in [-0.39, 0.29) is 31.2 Å². The van der Waals surface area contributed by atoms with Gasteiger partial charge in [0.05, 0.1) is 18.2 Å². The van der Waals surface area contributed by atoms with Gasteiger partial charge in [-0.1, -0.05) is 24.3 Å². The molecule has 0 saturated carbocycles. The van der Waals surface area contributed by atoms with Crippen molar-refractivity contribution in [2.75, 3.05) is 32.8 Å². The number of carbonyl (C=O) groups excluding carboxylic acids is 1. The molecule has 3 heterocycles. The van der Waals surface area contributed by atoms with E-state index in [4.69, 9.17) is 9.47 Å². The Bertz CT molecular complexity index is 1260. The first-order valence-electron chi connectivity index (χ1n) is 11.9. The molecule has 0 fully saturated rings. The van der Waals surface area contributed by atoms with Crippen LogP contribution in [-0.4, -0.2) is 64.7 Å². The average Bonchev–Trinajstić information content (AvgIpc) is 3.03. The number of pyridine rings is 1. The highest BCUT2D eigenvalue weighted by Gasteiger charge is 2.27. The van der Waals surface area contributed by atoms with Crippen LogP contribution in [0.15, 0.2) is 54.7 Å². The molecule has 0 aliphatic carbocycles. The second kappa shape index (κ2) is 10.6. The lowest BCUT2D eigenvalue weighted by Crippen LogP contribution is -2.44. The molecule has 2 aromatic carbocycles. The van der Waals surface area contributed by atoms with E-state index in [2.05, 4.69) is 22.0 Å². The molecule has 1 aromatic heterocycles. The summed E-state index contributed by atoms with van der Waals surface area (Å²) in [6, 6.07) is 14.4. The zero-order chi connectivity index (χ0) is 25.1. The highest BCUT2D eigenvalue weighted by molar-refractivity contribution is 5.97. The van der Waals surface area contributed by atoms with E-state index in [1.165, 1.54) is 23.4 Å². The summed E-state index contributed by atoms with van der Waals surface area (Å²) in [5.74, 6) is -1.76. The lowest BCUT2D eigenvalue weighted by molar-refractivity contribution is 0.0501. The highest BCUT2D eigenvalue weighted by atomic mass is 19.2. The number of aliphatic hydroxyl groups excluding tert-OH is 1. The van der Waals surface area contributed by atoms with Crippen molar-refractivity contribution in [2.45, 2.75) is 25.7 Å². The van der Waals surface area contributed by atoms with Gasteiger partial charge in [0.1, 0.15) is 24.7 Å². The standard InChI is InChI=1S/C27H27F2N3O4/c28-25-20(7-9-30-26(25)29)17-36-22-5-6-23-24(13-22)35-12-11-32(27(23)34)16-21(33)15-31-10-8-18-3-1-2-4-19(18)14-31/h1-7,9,13,21,33H,8,10-12,14-17H2. The third kappa shape index (κ3) is 5.32. The number of nitrogens with zero attached hydrogens (tertiary/aromatic N) is 3. The molecule has 0 bridgehead atoms. The molecular formula is C27H27F2N3O4. The minimum Gasteiger partial charge on any atom is -0.491 e. The first-order valence-corrected chi connectivity index (χ1v) is 11.9. The lowest BCUT2D eigenvalue weighted by atomic mass is 10.00. The molecule has 1 N–H and O–H groups in total. The van der Waals surface area contributed by atoms with E-state index in [0.717, 1.165) is 19.5 Å². The van der Waals surface area contributed by atoms with E-state index >= 15 is 0 Å². The molecule has 2 aliphatic rings. The van der Waals surface area contributed by atoms with Crippen LogP contribution in [0.3, 0.4) is 0 Å².